The third-order valence-electron chi connectivity index (χ3n) is 2.10. The summed E-state index contributed by atoms with van der Waals surface area (Å²) in [7, 11) is 0. The van der Waals surface area contributed by atoms with Crippen molar-refractivity contribution in [2.75, 3.05) is 0 Å². The van der Waals surface area contributed by atoms with E-state index in [2.05, 4.69) is 47.8 Å². The summed E-state index contributed by atoms with van der Waals surface area (Å²) in [5.41, 5.74) is 0.642. The second kappa shape index (κ2) is 5.29. The Balaban J connectivity index is 2.41. The smallest absolute Gasteiger partial charge is 0.142 e. The lowest BCUT2D eigenvalue weighted by molar-refractivity contribution is 0.607. The highest BCUT2D eigenvalue weighted by molar-refractivity contribution is 9.11. The molecule has 2 aromatic rings. The molecule has 5 heteroatoms. The fourth-order valence-corrected chi connectivity index (χ4v) is 3.92. The topological polar surface area (TPSA) is 0 Å². The van der Waals surface area contributed by atoms with Crippen LogP contribution in [0.3, 0.4) is 0 Å². The van der Waals surface area contributed by atoms with Gasteiger partial charge in [-0.3, -0.25) is 0 Å². The van der Waals surface area contributed by atoms with Crippen molar-refractivity contribution in [1.29, 1.82) is 0 Å². The van der Waals surface area contributed by atoms with Gasteiger partial charge in [0.2, 0.25) is 0 Å². The van der Waals surface area contributed by atoms with Gasteiger partial charge in [-0.15, -0.1) is 11.3 Å². The molecule has 0 amide bonds. The molecule has 0 N–H and O–H groups in total. The van der Waals surface area contributed by atoms with E-state index in [9.17, 15) is 4.39 Å². The van der Waals surface area contributed by atoms with Crippen molar-refractivity contribution in [2.24, 2.45) is 0 Å². The van der Waals surface area contributed by atoms with Crippen LogP contribution in [0.5, 0.6) is 0 Å². The zero-order valence-electron chi connectivity index (χ0n) is 7.88. The predicted molar refractivity (Wildman–Crippen MR) is 76.9 cm³/mol. The Bertz CT molecular complexity index is 510. The van der Waals surface area contributed by atoms with E-state index in [1.807, 2.05) is 18.2 Å². The van der Waals surface area contributed by atoms with Crippen molar-refractivity contribution in [3.05, 3.63) is 54.8 Å². The van der Waals surface area contributed by atoms with Gasteiger partial charge in [-0.25, -0.2) is 4.39 Å². The first-order chi connectivity index (χ1) is 7.59. The molecule has 0 nitrogen and oxygen atoms in total. The average molecular weight is 429 g/mol. The minimum absolute atomic E-state index is 0.110. The van der Waals surface area contributed by atoms with Gasteiger partial charge in [0.05, 0.1) is 13.1 Å². The van der Waals surface area contributed by atoms with Crippen LogP contribution >= 0.6 is 59.1 Å². The summed E-state index contributed by atoms with van der Waals surface area (Å²) in [6.07, 6.45) is 0. The zero-order valence-corrected chi connectivity index (χ0v) is 13.5. The van der Waals surface area contributed by atoms with Gasteiger partial charge >= 0.3 is 0 Å². The number of benzene rings is 1. The van der Waals surface area contributed by atoms with Crippen molar-refractivity contribution in [3.63, 3.8) is 0 Å². The number of hydrogen-bond donors (Lipinski definition) is 0. The lowest BCUT2D eigenvalue weighted by atomic mass is 10.1. The van der Waals surface area contributed by atoms with Crippen molar-refractivity contribution in [1.82, 2.24) is 0 Å². The van der Waals surface area contributed by atoms with Crippen LogP contribution in [0.25, 0.3) is 0 Å². The number of thiophene rings is 1. The van der Waals surface area contributed by atoms with E-state index in [4.69, 9.17) is 0 Å². The first-order valence-corrected chi connectivity index (χ1v) is 7.74. The van der Waals surface area contributed by atoms with Crippen LogP contribution in [0.2, 0.25) is 0 Å². The molecule has 0 fully saturated rings. The second-order valence-corrected chi connectivity index (χ2v) is 7.41. The number of halogens is 4. The predicted octanol–water partition coefficient (Wildman–Crippen LogP) is 5.90. The summed E-state index contributed by atoms with van der Waals surface area (Å²) in [6.45, 7) is 0. The lowest BCUT2D eigenvalue weighted by Gasteiger charge is -2.10. The SMILES string of the molecule is Fc1c(Br)cccc1C(Br)c1ccc(Br)s1. The molecule has 0 aliphatic heterocycles. The van der Waals surface area contributed by atoms with Gasteiger partial charge in [-0.1, -0.05) is 28.1 Å². The van der Waals surface area contributed by atoms with Crippen LogP contribution in [0.15, 0.2) is 38.6 Å². The summed E-state index contributed by atoms with van der Waals surface area (Å²) >= 11 is 11.7. The van der Waals surface area contributed by atoms with E-state index in [0.717, 1.165) is 8.66 Å². The molecule has 2 rings (SSSR count). The van der Waals surface area contributed by atoms with E-state index in [0.29, 0.717) is 10.0 Å². The normalized spacial score (nSPS) is 12.8. The average Bonchev–Trinajstić information content (AvgIpc) is 2.68. The van der Waals surface area contributed by atoms with Crippen LogP contribution < -0.4 is 0 Å². The largest absolute Gasteiger partial charge is 0.205 e. The Hall–Kier alpha value is 0.290. The van der Waals surface area contributed by atoms with Gasteiger partial charge in [-0.05, 0) is 50.1 Å². The lowest BCUT2D eigenvalue weighted by Crippen LogP contribution is -1.94. The van der Waals surface area contributed by atoms with E-state index in [-0.39, 0.29) is 10.6 Å². The van der Waals surface area contributed by atoms with Gasteiger partial charge < -0.3 is 0 Å². The van der Waals surface area contributed by atoms with Crippen molar-refractivity contribution < 1.29 is 4.39 Å². The van der Waals surface area contributed by atoms with Crippen LogP contribution in [0.1, 0.15) is 15.3 Å². The van der Waals surface area contributed by atoms with Crippen molar-refractivity contribution in [3.8, 4) is 0 Å². The minimum Gasteiger partial charge on any atom is -0.205 e. The standard InChI is InChI=1S/C11H6Br3FS/c12-7-3-1-2-6(11(7)15)10(14)8-4-5-9(13)16-8/h1-5,10H. The molecule has 0 bridgehead atoms. The summed E-state index contributed by atoms with van der Waals surface area (Å²) in [6, 6.07) is 9.26. The molecule has 0 spiro atoms. The first kappa shape index (κ1) is 12.7. The molecule has 0 saturated carbocycles. The quantitative estimate of drug-likeness (QED) is 0.522. The van der Waals surface area contributed by atoms with E-state index < -0.39 is 0 Å². The minimum atomic E-state index is -0.214. The van der Waals surface area contributed by atoms with E-state index in [1.165, 1.54) is 0 Å². The summed E-state index contributed by atoms with van der Waals surface area (Å²) in [5.74, 6) is -0.214. The van der Waals surface area contributed by atoms with E-state index in [1.54, 1.807) is 23.5 Å². The third kappa shape index (κ3) is 2.58. The molecule has 0 saturated heterocycles. The Morgan fingerprint density at radius 1 is 1.12 bits per heavy atom. The molecule has 0 radical (unpaired) electrons. The fraction of sp³-hybridized carbons (Fsp3) is 0.0909. The number of alkyl halides is 1. The van der Waals surface area contributed by atoms with Gasteiger partial charge in [0.25, 0.3) is 0 Å². The van der Waals surface area contributed by atoms with Gasteiger partial charge in [0.1, 0.15) is 5.82 Å². The number of rotatable bonds is 2. The first-order valence-electron chi connectivity index (χ1n) is 4.43. The van der Waals surface area contributed by atoms with Crippen LogP contribution in [-0.4, -0.2) is 0 Å². The number of hydrogen-bond acceptors (Lipinski definition) is 1. The highest BCUT2D eigenvalue weighted by atomic mass is 79.9. The fourth-order valence-electron chi connectivity index (χ4n) is 1.33. The van der Waals surface area contributed by atoms with Crippen LogP contribution in [0.4, 0.5) is 4.39 Å². The van der Waals surface area contributed by atoms with Gasteiger partial charge in [-0.2, -0.15) is 0 Å². The third-order valence-corrected chi connectivity index (χ3v) is 5.69. The maximum Gasteiger partial charge on any atom is 0.142 e. The molecule has 1 unspecified atom stereocenters. The molecule has 16 heavy (non-hydrogen) atoms. The Morgan fingerprint density at radius 2 is 1.88 bits per heavy atom. The van der Waals surface area contributed by atoms with Crippen molar-refractivity contribution >= 4 is 59.1 Å². The van der Waals surface area contributed by atoms with Gasteiger partial charge in [0, 0.05) is 10.4 Å². The van der Waals surface area contributed by atoms with E-state index >= 15 is 0 Å². The molecular formula is C11H6Br3FS. The molecule has 1 aromatic heterocycles. The Labute approximate surface area is 122 Å². The molecule has 1 aromatic carbocycles. The Morgan fingerprint density at radius 3 is 2.50 bits per heavy atom. The van der Waals surface area contributed by atoms with Crippen LogP contribution in [-0.2, 0) is 0 Å². The maximum atomic E-state index is 13.9. The summed E-state index contributed by atoms with van der Waals surface area (Å²) in [5, 5.41) is 0. The molecule has 1 atom stereocenters. The summed E-state index contributed by atoms with van der Waals surface area (Å²) < 4.78 is 15.4. The molecule has 0 aliphatic carbocycles. The monoisotopic (exact) mass is 426 g/mol. The Kier molecular flexibility index (Phi) is 4.21. The summed E-state index contributed by atoms with van der Waals surface area (Å²) in [4.78, 5) is 0.963. The second-order valence-electron chi connectivity index (χ2n) is 3.15. The highest BCUT2D eigenvalue weighted by Gasteiger charge is 2.17. The molecular weight excluding hydrogens is 423 g/mol. The molecule has 84 valence electrons. The molecule has 1 heterocycles. The molecule has 0 aliphatic rings. The van der Waals surface area contributed by atoms with Gasteiger partial charge in [0.15, 0.2) is 0 Å². The van der Waals surface area contributed by atoms with Crippen LogP contribution in [0, 0.1) is 5.82 Å². The van der Waals surface area contributed by atoms with Crippen molar-refractivity contribution in [2.45, 2.75) is 4.83 Å². The maximum absolute atomic E-state index is 13.9. The highest BCUT2D eigenvalue weighted by Crippen LogP contribution is 2.39. The zero-order chi connectivity index (χ0) is 11.7.